The highest BCUT2D eigenvalue weighted by Gasteiger charge is 2.41. The molecule has 2 rings (SSSR count). The van der Waals surface area contributed by atoms with Crippen molar-refractivity contribution in [2.24, 2.45) is 5.92 Å². The van der Waals surface area contributed by atoms with Crippen molar-refractivity contribution in [3.63, 3.8) is 0 Å². The fourth-order valence-electron chi connectivity index (χ4n) is 3.24. The fraction of sp³-hybridized carbons (Fsp3) is 0.600. The molecule has 94 valence electrons. The Balaban J connectivity index is 2.58. The molecule has 0 spiro atoms. The summed E-state index contributed by atoms with van der Waals surface area (Å²) in [4.78, 5) is 0. The summed E-state index contributed by atoms with van der Waals surface area (Å²) in [5, 5.41) is 3.55. The van der Waals surface area contributed by atoms with Gasteiger partial charge in [0.25, 0.3) is 0 Å². The van der Waals surface area contributed by atoms with E-state index in [9.17, 15) is 4.39 Å². The zero-order valence-corrected chi connectivity index (χ0v) is 11.2. The minimum atomic E-state index is -0.165. The van der Waals surface area contributed by atoms with Crippen molar-refractivity contribution in [3.8, 4) is 0 Å². The third-order valence-corrected chi connectivity index (χ3v) is 4.05. The van der Waals surface area contributed by atoms with Gasteiger partial charge >= 0.3 is 0 Å². The van der Waals surface area contributed by atoms with Gasteiger partial charge in [0.15, 0.2) is 0 Å². The van der Waals surface area contributed by atoms with E-state index in [0.717, 1.165) is 36.1 Å². The van der Waals surface area contributed by atoms with E-state index < -0.39 is 0 Å². The molecule has 1 aromatic rings. The first kappa shape index (κ1) is 12.6. The molecular weight excluding hydrogens is 213 g/mol. The van der Waals surface area contributed by atoms with Gasteiger partial charge in [0, 0.05) is 11.1 Å². The van der Waals surface area contributed by atoms with Crippen molar-refractivity contribution in [1.82, 2.24) is 5.32 Å². The largest absolute Gasteiger partial charge is 0.307 e. The Kier molecular flexibility index (Phi) is 3.26. The Morgan fingerprint density at radius 1 is 1.29 bits per heavy atom. The Morgan fingerprint density at radius 3 is 2.47 bits per heavy atom. The van der Waals surface area contributed by atoms with Crippen LogP contribution in [0.3, 0.4) is 0 Å². The monoisotopic (exact) mass is 235 g/mol. The lowest BCUT2D eigenvalue weighted by atomic mass is 9.76. The number of hydrogen-bond acceptors (Lipinski definition) is 1. The number of aryl methyl sites for hydroxylation is 2. The molecule has 0 aromatic heterocycles. The molecule has 0 amide bonds. The quantitative estimate of drug-likeness (QED) is 0.824. The van der Waals surface area contributed by atoms with Gasteiger partial charge in [0.1, 0.15) is 5.82 Å². The summed E-state index contributed by atoms with van der Waals surface area (Å²) in [6.45, 7) is 9.32. The summed E-state index contributed by atoms with van der Waals surface area (Å²) < 4.78 is 14.3. The first-order valence-electron chi connectivity index (χ1n) is 6.49. The summed E-state index contributed by atoms with van der Waals surface area (Å²) in [6, 6.07) is 3.75. The van der Waals surface area contributed by atoms with E-state index in [2.05, 4.69) is 25.2 Å². The molecule has 1 aliphatic heterocycles. The predicted octanol–water partition coefficient (Wildman–Crippen LogP) is 3.68. The van der Waals surface area contributed by atoms with Crippen molar-refractivity contribution >= 4 is 0 Å². The Bertz CT molecular complexity index is 394. The van der Waals surface area contributed by atoms with Gasteiger partial charge in [0.05, 0.1) is 0 Å². The Morgan fingerprint density at radius 2 is 2.00 bits per heavy atom. The highest BCUT2D eigenvalue weighted by atomic mass is 19.1. The van der Waals surface area contributed by atoms with Gasteiger partial charge in [-0.2, -0.15) is 0 Å². The third-order valence-electron chi connectivity index (χ3n) is 4.05. The van der Waals surface area contributed by atoms with E-state index in [4.69, 9.17) is 0 Å². The van der Waals surface area contributed by atoms with E-state index >= 15 is 0 Å². The summed E-state index contributed by atoms with van der Waals surface area (Å²) in [5.74, 6) is 0.353. The highest BCUT2D eigenvalue weighted by molar-refractivity contribution is 5.38. The lowest BCUT2D eigenvalue weighted by Crippen LogP contribution is -2.43. The molecule has 1 nitrogen and oxygen atoms in total. The van der Waals surface area contributed by atoms with Crippen molar-refractivity contribution < 1.29 is 4.39 Å². The average Bonchev–Trinajstić information content (AvgIpc) is 2.66. The van der Waals surface area contributed by atoms with Crippen LogP contribution < -0.4 is 5.32 Å². The molecule has 17 heavy (non-hydrogen) atoms. The molecule has 1 N–H and O–H groups in total. The molecule has 2 heteroatoms. The van der Waals surface area contributed by atoms with Gasteiger partial charge in [-0.05, 0) is 56.3 Å². The number of nitrogens with one attached hydrogen (secondary N) is 1. The summed E-state index contributed by atoms with van der Waals surface area (Å²) >= 11 is 0. The summed E-state index contributed by atoms with van der Waals surface area (Å²) in [5.41, 5.74) is 2.80. The van der Waals surface area contributed by atoms with Crippen LogP contribution in [-0.4, -0.2) is 6.54 Å². The zero-order chi connectivity index (χ0) is 12.6. The molecule has 0 radical (unpaired) electrons. The molecule has 1 unspecified atom stereocenters. The SMILES string of the molecule is Cc1cc(C)c(C2(C(C)C)CCCN2)c(F)c1. The van der Waals surface area contributed by atoms with Crippen LogP contribution in [0.1, 0.15) is 43.4 Å². The van der Waals surface area contributed by atoms with E-state index in [1.54, 1.807) is 6.07 Å². The van der Waals surface area contributed by atoms with Gasteiger partial charge < -0.3 is 5.32 Å². The molecule has 1 fully saturated rings. The van der Waals surface area contributed by atoms with Crippen LogP contribution in [-0.2, 0) is 5.54 Å². The molecule has 1 aliphatic rings. The van der Waals surface area contributed by atoms with Crippen LogP contribution in [0.2, 0.25) is 0 Å². The molecule has 1 atom stereocenters. The average molecular weight is 235 g/mol. The normalized spacial score (nSPS) is 24.6. The number of benzene rings is 1. The van der Waals surface area contributed by atoms with E-state index in [1.807, 2.05) is 13.8 Å². The lowest BCUT2D eigenvalue weighted by Gasteiger charge is -2.36. The van der Waals surface area contributed by atoms with Crippen molar-refractivity contribution in [2.45, 2.75) is 46.1 Å². The smallest absolute Gasteiger partial charge is 0.128 e. The zero-order valence-electron chi connectivity index (χ0n) is 11.2. The van der Waals surface area contributed by atoms with Crippen LogP contribution in [0.4, 0.5) is 4.39 Å². The summed E-state index contributed by atoms with van der Waals surface area (Å²) in [7, 11) is 0. The lowest BCUT2D eigenvalue weighted by molar-refractivity contribution is 0.266. The molecule has 0 saturated carbocycles. The molecular formula is C15H22FN. The predicted molar refractivity (Wildman–Crippen MR) is 69.6 cm³/mol. The first-order valence-corrected chi connectivity index (χ1v) is 6.49. The summed E-state index contributed by atoms with van der Waals surface area (Å²) in [6.07, 6.45) is 2.16. The van der Waals surface area contributed by atoms with Crippen LogP contribution in [0.15, 0.2) is 12.1 Å². The highest BCUT2D eigenvalue weighted by Crippen LogP contribution is 2.40. The Labute approximate surface area is 103 Å². The van der Waals surface area contributed by atoms with E-state index in [-0.39, 0.29) is 11.4 Å². The third kappa shape index (κ3) is 1.99. The van der Waals surface area contributed by atoms with Crippen LogP contribution >= 0.6 is 0 Å². The number of hydrogen-bond donors (Lipinski definition) is 1. The van der Waals surface area contributed by atoms with Crippen LogP contribution in [0, 0.1) is 25.6 Å². The van der Waals surface area contributed by atoms with Crippen molar-refractivity contribution in [1.29, 1.82) is 0 Å². The molecule has 1 saturated heterocycles. The van der Waals surface area contributed by atoms with Gasteiger partial charge in [-0.25, -0.2) is 4.39 Å². The molecule has 1 heterocycles. The van der Waals surface area contributed by atoms with Gasteiger partial charge in [-0.3, -0.25) is 0 Å². The fourth-order valence-corrected chi connectivity index (χ4v) is 3.24. The molecule has 0 bridgehead atoms. The molecule has 1 aromatic carbocycles. The maximum atomic E-state index is 14.3. The Hall–Kier alpha value is -0.890. The first-order chi connectivity index (χ1) is 7.97. The van der Waals surface area contributed by atoms with Gasteiger partial charge in [-0.1, -0.05) is 19.9 Å². The van der Waals surface area contributed by atoms with Gasteiger partial charge in [-0.15, -0.1) is 0 Å². The second-order valence-corrected chi connectivity index (χ2v) is 5.60. The number of rotatable bonds is 2. The maximum absolute atomic E-state index is 14.3. The molecule has 0 aliphatic carbocycles. The van der Waals surface area contributed by atoms with Crippen molar-refractivity contribution in [3.05, 3.63) is 34.6 Å². The number of halogens is 1. The van der Waals surface area contributed by atoms with E-state index in [0.29, 0.717) is 5.92 Å². The van der Waals surface area contributed by atoms with E-state index in [1.165, 1.54) is 0 Å². The second-order valence-electron chi connectivity index (χ2n) is 5.60. The van der Waals surface area contributed by atoms with Gasteiger partial charge in [0.2, 0.25) is 0 Å². The van der Waals surface area contributed by atoms with Crippen molar-refractivity contribution in [2.75, 3.05) is 6.54 Å². The minimum Gasteiger partial charge on any atom is -0.307 e. The van der Waals surface area contributed by atoms with Crippen LogP contribution in [0.5, 0.6) is 0 Å². The minimum absolute atomic E-state index is 0.0504. The maximum Gasteiger partial charge on any atom is 0.128 e. The standard InChI is InChI=1S/C15H22FN/c1-10(2)15(6-5-7-17-15)14-12(4)8-11(3)9-13(14)16/h8-10,17H,5-7H2,1-4H3. The van der Waals surface area contributed by atoms with Crippen LogP contribution in [0.25, 0.3) is 0 Å². The second kappa shape index (κ2) is 4.41. The topological polar surface area (TPSA) is 12.0 Å².